The molecular formula is C14H24N4. The van der Waals surface area contributed by atoms with Gasteiger partial charge in [0, 0.05) is 12.6 Å². The minimum absolute atomic E-state index is 0.712. The number of rotatable bonds is 4. The Morgan fingerprint density at radius 2 is 2.00 bits per heavy atom. The van der Waals surface area contributed by atoms with Crippen LogP contribution in [0.1, 0.15) is 44.2 Å². The molecule has 0 spiro atoms. The van der Waals surface area contributed by atoms with E-state index in [4.69, 9.17) is 5.84 Å². The summed E-state index contributed by atoms with van der Waals surface area (Å²) in [5.41, 5.74) is 3.68. The van der Waals surface area contributed by atoms with Crippen LogP contribution in [0.3, 0.4) is 0 Å². The molecule has 1 aliphatic carbocycles. The van der Waals surface area contributed by atoms with Crippen LogP contribution in [0, 0.1) is 0 Å². The molecular weight excluding hydrogens is 224 g/mol. The monoisotopic (exact) mass is 248 g/mol. The van der Waals surface area contributed by atoms with E-state index in [2.05, 4.69) is 28.4 Å². The Hall–Kier alpha value is -1.13. The first-order valence-electron chi connectivity index (χ1n) is 6.92. The molecule has 0 radical (unpaired) electrons. The first-order chi connectivity index (χ1) is 8.79. The Morgan fingerprint density at radius 3 is 2.67 bits per heavy atom. The van der Waals surface area contributed by atoms with Gasteiger partial charge in [-0.15, -0.1) is 0 Å². The van der Waals surface area contributed by atoms with Gasteiger partial charge in [0.05, 0.1) is 5.69 Å². The van der Waals surface area contributed by atoms with Crippen molar-refractivity contribution >= 4 is 5.82 Å². The number of nitrogens with zero attached hydrogens (tertiary/aromatic N) is 2. The van der Waals surface area contributed by atoms with E-state index in [1.54, 1.807) is 0 Å². The van der Waals surface area contributed by atoms with Crippen molar-refractivity contribution in [2.24, 2.45) is 5.84 Å². The van der Waals surface area contributed by atoms with E-state index < -0.39 is 0 Å². The van der Waals surface area contributed by atoms with E-state index in [1.807, 2.05) is 12.1 Å². The molecule has 0 unspecified atom stereocenters. The first-order valence-corrected chi connectivity index (χ1v) is 6.92. The van der Waals surface area contributed by atoms with Crippen molar-refractivity contribution in [1.29, 1.82) is 0 Å². The van der Waals surface area contributed by atoms with Crippen LogP contribution in [0.2, 0.25) is 0 Å². The number of hydrogen-bond donors (Lipinski definition) is 2. The molecule has 0 bridgehead atoms. The van der Waals surface area contributed by atoms with Crippen LogP contribution in [-0.4, -0.2) is 23.0 Å². The predicted molar refractivity (Wildman–Crippen MR) is 75.0 cm³/mol. The quantitative estimate of drug-likeness (QED) is 0.488. The maximum Gasteiger partial charge on any atom is 0.140 e. The smallest absolute Gasteiger partial charge is 0.140 e. The van der Waals surface area contributed by atoms with Crippen molar-refractivity contribution in [3.05, 3.63) is 23.9 Å². The zero-order chi connectivity index (χ0) is 12.8. The van der Waals surface area contributed by atoms with Crippen molar-refractivity contribution < 1.29 is 0 Å². The molecule has 1 aromatic heterocycles. The molecule has 0 aliphatic heterocycles. The number of nitrogens with one attached hydrogen (secondary N) is 1. The number of anilines is 1. The van der Waals surface area contributed by atoms with Crippen LogP contribution >= 0.6 is 0 Å². The lowest BCUT2D eigenvalue weighted by Crippen LogP contribution is -2.31. The Bertz CT molecular complexity index is 359. The third-order valence-corrected chi connectivity index (χ3v) is 3.81. The molecule has 0 aromatic carbocycles. The molecule has 0 saturated heterocycles. The summed E-state index contributed by atoms with van der Waals surface area (Å²) >= 11 is 0. The number of hydrazine groups is 1. The Labute approximate surface area is 110 Å². The fraction of sp³-hybridized carbons (Fsp3) is 0.643. The minimum Gasteiger partial charge on any atom is -0.308 e. The van der Waals surface area contributed by atoms with Crippen LogP contribution in [0.15, 0.2) is 18.2 Å². The average molecular weight is 248 g/mol. The lowest BCUT2D eigenvalue weighted by atomic mass is 10.1. The van der Waals surface area contributed by atoms with Crippen LogP contribution in [0.4, 0.5) is 5.82 Å². The summed E-state index contributed by atoms with van der Waals surface area (Å²) < 4.78 is 0. The Kier molecular flexibility index (Phi) is 4.96. The highest BCUT2D eigenvalue weighted by Crippen LogP contribution is 2.22. The molecule has 18 heavy (non-hydrogen) atoms. The summed E-state index contributed by atoms with van der Waals surface area (Å²) in [7, 11) is 2.21. The van der Waals surface area contributed by atoms with Gasteiger partial charge in [-0.25, -0.2) is 10.8 Å². The maximum atomic E-state index is 5.39. The lowest BCUT2D eigenvalue weighted by molar-refractivity contribution is 0.211. The largest absolute Gasteiger partial charge is 0.308 e. The molecule has 1 aliphatic rings. The third-order valence-electron chi connectivity index (χ3n) is 3.81. The predicted octanol–water partition coefficient (Wildman–Crippen LogP) is 2.52. The molecule has 1 heterocycles. The summed E-state index contributed by atoms with van der Waals surface area (Å²) in [5, 5.41) is 0. The van der Waals surface area contributed by atoms with E-state index in [0.29, 0.717) is 6.04 Å². The van der Waals surface area contributed by atoms with Gasteiger partial charge in [0.2, 0.25) is 0 Å². The Balaban J connectivity index is 1.94. The van der Waals surface area contributed by atoms with Gasteiger partial charge in [-0.3, -0.25) is 4.90 Å². The Morgan fingerprint density at radius 1 is 1.28 bits per heavy atom. The molecule has 1 saturated carbocycles. The van der Waals surface area contributed by atoms with Gasteiger partial charge in [-0.2, -0.15) is 0 Å². The number of hydrogen-bond acceptors (Lipinski definition) is 4. The van der Waals surface area contributed by atoms with Gasteiger partial charge < -0.3 is 5.43 Å². The molecule has 0 amide bonds. The summed E-state index contributed by atoms with van der Waals surface area (Å²) in [5.74, 6) is 6.12. The molecule has 4 nitrogen and oxygen atoms in total. The molecule has 1 aromatic rings. The van der Waals surface area contributed by atoms with Crippen LogP contribution in [0.5, 0.6) is 0 Å². The standard InChI is InChI=1S/C14H24N4/c1-18(13-8-4-2-3-5-9-13)11-12-7-6-10-14(16-12)17-15/h6-7,10,13H,2-5,8-9,11,15H2,1H3,(H,16,17). The van der Waals surface area contributed by atoms with Gasteiger partial charge in [-0.1, -0.05) is 31.7 Å². The third kappa shape index (κ3) is 3.68. The molecule has 4 heteroatoms. The number of pyridine rings is 1. The van der Waals surface area contributed by atoms with Crippen molar-refractivity contribution in [3.63, 3.8) is 0 Å². The molecule has 1 fully saturated rings. The normalized spacial score (nSPS) is 17.7. The van der Waals surface area contributed by atoms with Crippen molar-refractivity contribution in [2.75, 3.05) is 12.5 Å². The van der Waals surface area contributed by atoms with Crippen molar-refractivity contribution in [1.82, 2.24) is 9.88 Å². The van der Waals surface area contributed by atoms with Gasteiger partial charge in [0.15, 0.2) is 0 Å². The van der Waals surface area contributed by atoms with Crippen LogP contribution in [-0.2, 0) is 6.54 Å². The van der Waals surface area contributed by atoms with Crippen LogP contribution in [0.25, 0.3) is 0 Å². The molecule has 100 valence electrons. The highest BCUT2D eigenvalue weighted by atomic mass is 15.3. The van der Waals surface area contributed by atoms with E-state index in [-0.39, 0.29) is 0 Å². The zero-order valence-electron chi connectivity index (χ0n) is 11.2. The second-order valence-corrected chi connectivity index (χ2v) is 5.22. The fourth-order valence-corrected chi connectivity index (χ4v) is 2.73. The maximum absolute atomic E-state index is 5.39. The number of nitrogens with two attached hydrogens (primary N) is 1. The zero-order valence-corrected chi connectivity index (χ0v) is 11.2. The number of nitrogen functional groups attached to an aromatic ring is 1. The van der Waals surface area contributed by atoms with E-state index in [1.165, 1.54) is 38.5 Å². The molecule has 2 rings (SSSR count). The van der Waals surface area contributed by atoms with Crippen LogP contribution < -0.4 is 11.3 Å². The lowest BCUT2D eigenvalue weighted by Gasteiger charge is -2.26. The highest BCUT2D eigenvalue weighted by molar-refractivity contribution is 5.33. The SMILES string of the molecule is CN(Cc1cccc(NN)n1)C1CCCCCC1. The summed E-state index contributed by atoms with van der Waals surface area (Å²) in [6, 6.07) is 6.66. The number of aromatic nitrogens is 1. The second-order valence-electron chi connectivity index (χ2n) is 5.22. The second kappa shape index (κ2) is 6.71. The van der Waals surface area contributed by atoms with Gasteiger partial charge >= 0.3 is 0 Å². The van der Waals surface area contributed by atoms with Gasteiger partial charge in [0.1, 0.15) is 5.82 Å². The van der Waals surface area contributed by atoms with Gasteiger partial charge in [-0.05, 0) is 32.0 Å². The summed E-state index contributed by atoms with van der Waals surface area (Å²) in [6.07, 6.45) is 8.18. The van der Waals surface area contributed by atoms with Crippen molar-refractivity contribution in [3.8, 4) is 0 Å². The minimum atomic E-state index is 0.712. The van der Waals surface area contributed by atoms with E-state index in [0.717, 1.165) is 18.1 Å². The first kappa shape index (κ1) is 13.3. The van der Waals surface area contributed by atoms with E-state index in [9.17, 15) is 0 Å². The van der Waals surface area contributed by atoms with E-state index >= 15 is 0 Å². The summed E-state index contributed by atoms with van der Waals surface area (Å²) in [4.78, 5) is 6.91. The van der Waals surface area contributed by atoms with Gasteiger partial charge in [0.25, 0.3) is 0 Å². The highest BCUT2D eigenvalue weighted by Gasteiger charge is 2.17. The van der Waals surface area contributed by atoms with Crippen molar-refractivity contribution in [2.45, 2.75) is 51.1 Å². The fourth-order valence-electron chi connectivity index (χ4n) is 2.73. The topological polar surface area (TPSA) is 54.2 Å². The summed E-state index contributed by atoms with van der Waals surface area (Å²) in [6.45, 7) is 0.903. The molecule has 3 N–H and O–H groups in total. The molecule has 0 atom stereocenters. The average Bonchev–Trinajstić information content (AvgIpc) is 2.68.